The zero-order valence-electron chi connectivity index (χ0n) is 10.8. The molecule has 0 fully saturated rings. The van der Waals surface area contributed by atoms with Gasteiger partial charge >= 0.3 is 0 Å². The molecule has 0 amide bonds. The summed E-state index contributed by atoms with van der Waals surface area (Å²) in [6, 6.07) is 9.66. The van der Waals surface area contributed by atoms with Crippen molar-refractivity contribution in [3.63, 3.8) is 0 Å². The van der Waals surface area contributed by atoms with Crippen molar-refractivity contribution in [3.8, 4) is 0 Å². The van der Waals surface area contributed by atoms with Gasteiger partial charge in [-0.3, -0.25) is 4.79 Å². The second-order valence-corrected chi connectivity index (χ2v) is 4.07. The Morgan fingerprint density at radius 3 is 2.68 bits per heavy atom. The van der Waals surface area contributed by atoms with Gasteiger partial charge in [0.1, 0.15) is 11.9 Å². The quantitative estimate of drug-likeness (QED) is 0.849. The molecule has 1 unspecified atom stereocenters. The van der Waals surface area contributed by atoms with Gasteiger partial charge in [-0.05, 0) is 12.5 Å². The molecule has 1 heterocycles. The summed E-state index contributed by atoms with van der Waals surface area (Å²) in [7, 11) is 0. The predicted octanol–water partition coefficient (Wildman–Crippen LogP) is 1.35. The topological polar surface area (TPSA) is 81.0 Å². The largest absolute Gasteiger partial charge is 0.366 e. The molecule has 100 valence electrons. The van der Waals surface area contributed by atoms with Crippen molar-refractivity contribution in [2.45, 2.75) is 19.6 Å². The molecule has 0 radical (unpaired) electrons. The number of nitrogens with two attached hydrogens (primary N) is 1. The maximum Gasteiger partial charge on any atom is 0.255 e. The molecule has 0 aliphatic heterocycles. The number of benzene rings is 1. The van der Waals surface area contributed by atoms with E-state index >= 15 is 0 Å². The summed E-state index contributed by atoms with van der Waals surface area (Å²) in [4.78, 5) is 18.8. The van der Waals surface area contributed by atoms with Gasteiger partial charge in [0.05, 0.1) is 0 Å². The van der Waals surface area contributed by atoms with E-state index in [1.165, 1.54) is 6.20 Å². The molecular formula is C14H17N3O2. The molecule has 0 saturated heterocycles. The van der Waals surface area contributed by atoms with Crippen LogP contribution in [0.4, 0.5) is 0 Å². The summed E-state index contributed by atoms with van der Waals surface area (Å²) in [5.74, 6) is 0.496. The Bertz CT molecular complexity index is 581. The Morgan fingerprint density at radius 2 is 2.11 bits per heavy atom. The smallest absolute Gasteiger partial charge is 0.255 e. The summed E-state index contributed by atoms with van der Waals surface area (Å²) < 4.78 is 5.68. The van der Waals surface area contributed by atoms with Gasteiger partial charge in [-0.25, -0.2) is 4.98 Å². The van der Waals surface area contributed by atoms with E-state index in [1.54, 1.807) is 0 Å². The first kappa shape index (κ1) is 13.5. The molecular weight excluding hydrogens is 242 g/mol. The first-order chi connectivity index (χ1) is 9.26. The third kappa shape index (κ3) is 3.07. The lowest BCUT2D eigenvalue weighted by Gasteiger charge is -2.16. The highest BCUT2D eigenvalue weighted by molar-refractivity contribution is 5.23. The van der Waals surface area contributed by atoms with Crippen LogP contribution in [0.2, 0.25) is 0 Å². The number of ether oxygens (including phenoxy) is 1. The molecule has 19 heavy (non-hydrogen) atoms. The second-order valence-electron chi connectivity index (χ2n) is 4.07. The molecule has 3 N–H and O–H groups in total. The Morgan fingerprint density at radius 1 is 1.37 bits per heavy atom. The fourth-order valence-corrected chi connectivity index (χ4v) is 1.84. The van der Waals surface area contributed by atoms with E-state index in [9.17, 15) is 4.79 Å². The number of nitrogens with zero attached hydrogens (tertiary/aromatic N) is 1. The van der Waals surface area contributed by atoms with Gasteiger partial charge < -0.3 is 15.5 Å². The summed E-state index contributed by atoms with van der Waals surface area (Å²) in [6.07, 6.45) is 1.13. The Hall–Kier alpha value is -1.98. The number of aromatic nitrogens is 2. The van der Waals surface area contributed by atoms with Crippen molar-refractivity contribution in [2.24, 2.45) is 5.73 Å². The third-order valence-electron chi connectivity index (χ3n) is 2.80. The third-order valence-corrected chi connectivity index (χ3v) is 2.80. The SMILES string of the molecule is CCOC(c1ccccc1)c1ncc(CN)c(=O)[nH]1. The second kappa shape index (κ2) is 6.26. The molecule has 2 rings (SSSR count). The van der Waals surface area contributed by atoms with E-state index in [4.69, 9.17) is 10.5 Å². The average molecular weight is 259 g/mol. The normalized spacial score (nSPS) is 12.3. The molecule has 0 aliphatic carbocycles. The van der Waals surface area contributed by atoms with Crippen LogP contribution in [0.3, 0.4) is 0 Å². The number of aromatic amines is 1. The molecule has 2 aromatic rings. The van der Waals surface area contributed by atoms with Gasteiger partial charge in [0.2, 0.25) is 0 Å². The lowest BCUT2D eigenvalue weighted by molar-refractivity contribution is 0.0849. The van der Waals surface area contributed by atoms with Crippen LogP contribution in [0.15, 0.2) is 41.3 Å². The molecule has 1 aromatic carbocycles. The minimum atomic E-state index is -0.370. The molecule has 5 heteroatoms. The van der Waals surface area contributed by atoms with Crippen molar-refractivity contribution in [1.29, 1.82) is 0 Å². The zero-order chi connectivity index (χ0) is 13.7. The van der Waals surface area contributed by atoms with Gasteiger partial charge in [0.25, 0.3) is 5.56 Å². The number of hydrogen-bond donors (Lipinski definition) is 2. The molecule has 0 saturated carbocycles. The predicted molar refractivity (Wildman–Crippen MR) is 72.7 cm³/mol. The Labute approximate surface area is 111 Å². The van der Waals surface area contributed by atoms with Crippen LogP contribution in [0.5, 0.6) is 0 Å². The van der Waals surface area contributed by atoms with E-state index in [-0.39, 0.29) is 18.2 Å². The number of nitrogens with one attached hydrogen (secondary N) is 1. The van der Waals surface area contributed by atoms with E-state index in [1.807, 2.05) is 37.3 Å². The van der Waals surface area contributed by atoms with Crippen LogP contribution in [0.25, 0.3) is 0 Å². The Kier molecular flexibility index (Phi) is 4.43. The molecule has 1 aromatic heterocycles. The van der Waals surface area contributed by atoms with Gasteiger partial charge in [-0.15, -0.1) is 0 Å². The van der Waals surface area contributed by atoms with E-state index in [2.05, 4.69) is 9.97 Å². The van der Waals surface area contributed by atoms with Gasteiger partial charge in [0.15, 0.2) is 0 Å². The summed E-state index contributed by atoms with van der Waals surface area (Å²) >= 11 is 0. The number of hydrogen-bond acceptors (Lipinski definition) is 4. The highest BCUT2D eigenvalue weighted by atomic mass is 16.5. The minimum absolute atomic E-state index is 0.174. The van der Waals surface area contributed by atoms with Gasteiger partial charge in [0, 0.05) is 24.9 Å². The first-order valence-corrected chi connectivity index (χ1v) is 6.21. The molecule has 0 bridgehead atoms. The Balaban J connectivity index is 2.40. The maximum atomic E-state index is 11.8. The molecule has 0 spiro atoms. The maximum absolute atomic E-state index is 11.8. The summed E-state index contributed by atoms with van der Waals surface area (Å²) in [5, 5.41) is 0. The van der Waals surface area contributed by atoms with Crippen LogP contribution in [0, 0.1) is 0 Å². The van der Waals surface area contributed by atoms with Crippen LogP contribution in [0.1, 0.15) is 30.0 Å². The zero-order valence-corrected chi connectivity index (χ0v) is 10.8. The van der Waals surface area contributed by atoms with Crippen LogP contribution >= 0.6 is 0 Å². The van der Waals surface area contributed by atoms with Crippen molar-refractivity contribution in [3.05, 3.63) is 63.8 Å². The fraction of sp³-hybridized carbons (Fsp3) is 0.286. The van der Waals surface area contributed by atoms with Crippen LogP contribution in [-0.2, 0) is 11.3 Å². The van der Waals surface area contributed by atoms with Crippen molar-refractivity contribution in [1.82, 2.24) is 9.97 Å². The number of H-pyrrole nitrogens is 1. The van der Waals surface area contributed by atoms with Crippen molar-refractivity contribution in [2.75, 3.05) is 6.61 Å². The standard InChI is InChI=1S/C14H17N3O2/c1-2-19-12(10-6-4-3-5-7-10)13-16-9-11(8-15)14(18)17-13/h3-7,9,12H,2,8,15H2,1H3,(H,16,17,18). The van der Waals surface area contributed by atoms with E-state index < -0.39 is 0 Å². The van der Waals surface area contributed by atoms with E-state index in [0.29, 0.717) is 18.0 Å². The highest BCUT2D eigenvalue weighted by Gasteiger charge is 2.17. The van der Waals surface area contributed by atoms with Gasteiger partial charge in [-0.2, -0.15) is 0 Å². The summed E-state index contributed by atoms with van der Waals surface area (Å²) in [6.45, 7) is 2.61. The van der Waals surface area contributed by atoms with Crippen LogP contribution in [-0.4, -0.2) is 16.6 Å². The van der Waals surface area contributed by atoms with Gasteiger partial charge in [-0.1, -0.05) is 30.3 Å². The number of rotatable bonds is 5. The lowest BCUT2D eigenvalue weighted by atomic mass is 10.1. The monoisotopic (exact) mass is 259 g/mol. The molecule has 0 aliphatic rings. The molecule has 1 atom stereocenters. The lowest BCUT2D eigenvalue weighted by Crippen LogP contribution is -2.21. The van der Waals surface area contributed by atoms with Crippen LogP contribution < -0.4 is 11.3 Å². The minimum Gasteiger partial charge on any atom is -0.366 e. The fourth-order valence-electron chi connectivity index (χ4n) is 1.84. The van der Waals surface area contributed by atoms with E-state index in [0.717, 1.165) is 5.56 Å². The average Bonchev–Trinajstić information content (AvgIpc) is 2.45. The highest BCUT2D eigenvalue weighted by Crippen LogP contribution is 2.21. The van der Waals surface area contributed by atoms with Crippen molar-refractivity contribution < 1.29 is 4.74 Å². The van der Waals surface area contributed by atoms with Crippen molar-refractivity contribution >= 4 is 0 Å². The molecule has 5 nitrogen and oxygen atoms in total. The summed E-state index contributed by atoms with van der Waals surface area (Å²) in [5.41, 5.74) is 6.66. The first-order valence-electron chi connectivity index (χ1n) is 6.21.